The first kappa shape index (κ1) is 10.00. The Morgan fingerprint density at radius 1 is 1.60 bits per heavy atom. The SMILES string of the molecule is CCC(C#N)[SiH](Cl)C(C)C. The van der Waals surface area contributed by atoms with Crippen LogP contribution in [0.2, 0.25) is 11.1 Å². The van der Waals surface area contributed by atoms with Crippen molar-refractivity contribution in [2.75, 3.05) is 0 Å². The van der Waals surface area contributed by atoms with E-state index in [0.717, 1.165) is 6.42 Å². The molecule has 0 spiro atoms. The van der Waals surface area contributed by atoms with Crippen LogP contribution in [0.3, 0.4) is 0 Å². The molecule has 0 aromatic heterocycles. The van der Waals surface area contributed by atoms with Crippen molar-refractivity contribution in [2.45, 2.75) is 38.3 Å². The topological polar surface area (TPSA) is 23.8 Å². The van der Waals surface area contributed by atoms with E-state index in [1.54, 1.807) is 0 Å². The van der Waals surface area contributed by atoms with Gasteiger partial charge in [-0.2, -0.15) is 16.3 Å². The molecule has 2 unspecified atom stereocenters. The van der Waals surface area contributed by atoms with Gasteiger partial charge in [-0.3, -0.25) is 0 Å². The summed E-state index contributed by atoms with van der Waals surface area (Å²) in [6.45, 7) is 6.23. The Morgan fingerprint density at radius 2 is 2.10 bits per heavy atom. The zero-order valence-corrected chi connectivity index (χ0v) is 8.67. The van der Waals surface area contributed by atoms with Gasteiger partial charge in [0.25, 0.3) is 0 Å². The van der Waals surface area contributed by atoms with E-state index in [-0.39, 0.29) is 5.54 Å². The average molecular weight is 176 g/mol. The van der Waals surface area contributed by atoms with Gasteiger partial charge in [0.2, 0.25) is 0 Å². The van der Waals surface area contributed by atoms with Crippen LogP contribution in [0.25, 0.3) is 0 Å². The van der Waals surface area contributed by atoms with Gasteiger partial charge < -0.3 is 0 Å². The Balaban J connectivity index is 3.92. The molecule has 0 bridgehead atoms. The normalized spacial score (nSPS) is 16.4. The first-order valence-electron chi connectivity index (χ1n) is 3.67. The predicted octanol–water partition coefficient (Wildman–Crippen LogP) is 2.66. The van der Waals surface area contributed by atoms with Crippen molar-refractivity contribution in [3.63, 3.8) is 0 Å². The molecule has 0 N–H and O–H groups in total. The summed E-state index contributed by atoms with van der Waals surface area (Å²) in [5.41, 5.74) is 0.688. The molecule has 0 saturated carbocycles. The standard InChI is InChI=1S/C7H14ClNSi/c1-4-7(5-9)10(8)6(2)3/h6-7,10H,4H2,1-3H3. The number of hydrogen-bond donors (Lipinski definition) is 0. The molecule has 0 saturated heterocycles. The van der Waals surface area contributed by atoms with E-state index in [1.807, 2.05) is 6.92 Å². The molecule has 0 aliphatic heterocycles. The summed E-state index contributed by atoms with van der Waals surface area (Å²) >= 11 is 6.10. The van der Waals surface area contributed by atoms with Gasteiger partial charge in [0.15, 0.2) is 8.11 Å². The Morgan fingerprint density at radius 3 is 2.20 bits per heavy atom. The van der Waals surface area contributed by atoms with Crippen molar-refractivity contribution < 1.29 is 0 Å². The van der Waals surface area contributed by atoms with Crippen molar-refractivity contribution in [1.82, 2.24) is 0 Å². The van der Waals surface area contributed by atoms with Gasteiger partial charge in [-0.25, -0.2) is 0 Å². The van der Waals surface area contributed by atoms with Gasteiger partial charge >= 0.3 is 0 Å². The lowest BCUT2D eigenvalue weighted by molar-refractivity contribution is 0.909. The lowest BCUT2D eigenvalue weighted by Crippen LogP contribution is -2.15. The van der Waals surface area contributed by atoms with Gasteiger partial charge in [0.1, 0.15) is 0 Å². The van der Waals surface area contributed by atoms with E-state index in [0.29, 0.717) is 5.54 Å². The molecule has 3 heteroatoms. The van der Waals surface area contributed by atoms with E-state index >= 15 is 0 Å². The predicted molar refractivity (Wildman–Crippen MR) is 47.8 cm³/mol. The first-order chi connectivity index (χ1) is 4.63. The van der Waals surface area contributed by atoms with Gasteiger partial charge in [0.05, 0.1) is 11.6 Å². The molecule has 1 nitrogen and oxygen atoms in total. The Bertz CT molecular complexity index is 130. The number of nitrogens with zero attached hydrogens (tertiary/aromatic N) is 1. The van der Waals surface area contributed by atoms with Gasteiger partial charge in [-0.15, -0.1) is 0 Å². The summed E-state index contributed by atoms with van der Waals surface area (Å²) in [6, 6.07) is 2.26. The summed E-state index contributed by atoms with van der Waals surface area (Å²) in [4.78, 5) is 0. The highest BCUT2D eigenvalue weighted by Gasteiger charge is 2.22. The molecular weight excluding hydrogens is 162 g/mol. The summed E-state index contributed by atoms with van der Waals surface area (Å²) in [7, 11) is -1.28. The van der Waals surface area contributed by atoms with Gasteiger partial charge in [-0.1, -0.05) is 20.8 Å². The zero-order chi connectivity index (χ0) is 8.15. The van der Waals surface area contributed by atoms with E-state index < -0.39 is 8.11 Å². The van der Waals surface area contributed by atoms with E-state index in [1.165, 1.54) is 0 Å². The highest BCUT2D eigenvalue weighted by Crippen LogP contribution is 2.25. The van der Waals surface area contributed by atoms with Crippen LogP contribution in [0, 0.1) is 11.3 Å². The van der Waals surface area contributed by atoms with Crippen molar-refractivity contribution in [2.24, 2.45) is 0 Å². The molecule has 0 radical (unpaired) electrons. The van der Waals surface area contributed by atoms with Crippen molar-refractivity contribution >= 4 is 19.2 Å². The highest BCUT2D eigenvalue weighted by atomic mass is 35.6. The number of hydrogen-bond acceptors (Lipinski definition) is 1. The molecule has 10 heavy (non-hydrogen) atoms. The van der Waals surface area contributed by atoms with Crippen LogP contribution in [0.4, 0.5) is 0 Å². The average Bonchev–Trinajstić information content (AvgIpc) is 1.90. The molecule has 0 amide bonds. The van der Waals surface area contributed by atoms with Crippen LogP contribution < -0.4 is 0 Å². The monoisotopic (exact) mass is 175 g/mol. The first-order valence-corrected chi connectivity index (χ1v) is 6.75. The van der Waals surface area contributed by atoms with Crippen LogP contribution in [0.1, 0.15) is 27.2 Å². The second-order valence-electron chi connectivity index (χ2n) is 2.83. The smallest absolute Gasteiger partial charge is 0.160 e. The minimum absolute atomic E-state index is 0.154. The second-order valence-corrected chi connectivity index (χ2v) is 7.37. The van der Waals surface area contributed by atoms with Gasteiger partial charge in [-0.05, 0) is 12.0 Å². The fourth-order valence-electron chi connectivity index (χ4n) is 0.852. The largest absolute Gasteiger partial charge is 0.198 e. The minimum atomic E-state index is -1.28. The lowest BCUT2D eigenvalue weighted by Gasteiger charge is -2.14. The fraction of sp³-hybridized carbons (Fsp3) is 0.857. The Kier molecular flexibility index (Phi) is 4.76. The lowest BCUT2D eigenvalue weighted by atomic mass is 10.4. The molecule has 0 aliphatic carbocycles. The maximum atomic E-state index is 8.65. The maximum absolute atomic E-state index is 8.65. The summed E-state index contributed by atoms with van der Waals surface area (Å²) in [6.07, 6.45) is 0.912. The Labute approximate surface area is 69.3 Å². The molecule has 0 heterocycles. The van der Waals surface area contributed by atoms with Crippen molar-refractivity contribution in [1.29, 1.82) is 5.26 Å². The third-order valence-corrected chi connectivity index (χ3v) is 6.71. The highest BCUT2D eigenvalue weighted by molar-refractivity contribution is 7.08. The van der Waals surface area contributed by atoms with Crippen LogP contribution in [-0.2, 0) is 0 Å². The molecule has 0 aromatic carbocycles. The van der Waals surface area contributed by atoms with Crippen LogP contribution in [-0.4, -0.2) is 8.11 Å². The van der Waals surface area contributed by atoms with Crippen LogP contribution in [0.15, 0.2) is 0 Å². The fourth-order valence-corrected chi connectivity index (χ4v) is 3.08. The zero-order valence-electron chi connectivity index (χ0n) is 6.76. The van der Waals surface area contributed by atoms with E-state index in [4.69, 9.17) is 16.3 Å². The maximum Gasteiger partial charge on any atom is 0.160 e. The molecular formula is C7H14ClNSi. The third-order valence-electron chi connectivity index (χ3n) is 1.63. The molecule has 0 rings (SSSR count). The molecule has 0 aliphatic rings. The molecule has 2 atom stereocenters. The summed E-state index contributed by atoms with van der Waals surface area (Å²) < 4.78 is 0. The number of nitriles is 1. The van der Waals surface area contributed by atoms with Crippen molar-refractivity contribution in [3.05, 3.63) is 0 Å². The summed E-state index contributed by atoms with van der Waals surface area (Å²) in [5, 5.41) is 8.65. The minimum Gasteiger partial charge on any atom is -0.198 e. The molecule has 58 valence electrons. The van der Waals surface area contributed by atoms with Gasteiger partial charge in [0, 0.05) is 0 Å². The quantitative estimate of drug-likeness (QED) is 0.478. The van der Waals surface area contributed by atoms with E-state index in [2.05, 4.69) is 19.9 Å². The molecule has 0 aromatic rings. The van der Waals surface area contributed by atoms with E-state index in [9.17, 15) is 0 Å². The summed E-state index contributed by atoms with van der Waals surface area (Å²) in [5.74, 6) is 0. The van der Waals surface area contributed by atoms with Crippen LogP contribution >= 0.6 is 11.1 Å². The second kappa shape index (κ2) is 4.76. The number of rotatable bonds is 3. The van der Waals surface area contributed by atoms with Crippen LogP contribution in [0.5, 0.6) is 0 Å². The number of halogens is 1. The third kappa shape index (κ3) is 2.72. The van der Waals surface area contributed by atoms with Crippen molar-refractivity contribution in [3.8, 4) is 6.07 Å². The Hall–Kier alpha value is -0.00312. The molecule has 0 fully saturated rings.